The van der Waals surface area contributed by atoms with E-state index in [0.717, 1.165) is 0 Å². The van der Waals surface area contributed by atoms with Gasteiger partial charge in [-0.1, -0.05) is 20.8 Å². The molecule has 0 atom stereocenters. The molecule has 2 saturated heterocycles. The van der Waals surface area contributed by atoms with Crippen LogP contribution in [0.15, 0.2) is 0 Å². The highest BCUT2D eigenvalue weighted by atomic mass is 15.3. The molecule has 0 amide bonds. The molecule has 0 aromatic carbocycles. The highest BCUT2D eigenvalue weighted by Gasteiger charge is 2.43. The Hall–Kier alpha value is -0.0800. The van der Waals surface area contributed by atoms with E-state index >= 15 is 0 Å². The van der Waals surface area contributed by atoms with E-state index in [2.05, 4.69) is 23.8 Å². The predicted molar refractivity (Wildman–Crippen MR) is 62.7 cm³/mol. The summed E-state index contributed by atoms with van der Waals surface area (Å²) in [6, 6.07) is 0. The van der Waals surface area contributed by atoms with Crippen molar-refractivity contribution in [1.29, 1.82) is 0 Å². The summed E-state index contributed by atoms with van der Waals surface area (Å²) in [5.41, 5.74) is 0.631. The van der Waals surface area contributed by atoms with Gasteiger partial charge in [0.25, 0.3) is 0 Å². The van der Waals surface area contributed by atoms with Gasteiger partial charge in [-0.3, -0.25) is 0 Å². The van der Waals surface area contributed by atoms with Crippen LogP contribution < -0.4 is 0 Å². The molecule has 1 spiro atoms. The smallest absolute Gasteiger partial charge is 0.0243 e. The Bertz CT molecular complexity index is 160. The minimum atomic E-state index is 0.631. The number of piperidine rings is 1. The van der Waals surface area contributed by atoms with Gasteiger partial charge in [-0.2, -0.15) is 0 Å². The van der Waals surface area contributed by atoms with E-state index < -0.39 is 0 Å². The molecule has 2 heterocycles. The highest BCUT2D eigenvalue weighted by Crippen LogP contribution is 2.38. The van der Waals surface area contributed by atoms with Gasteiger partial charge < -0.3 is 9.80 Å². The third kappa shape index (κ3) is 2.12. The van der Waals surface area contributed by atoms with Gasteiger partial charge in [0.1, 0.15) is 0 Å². The largest absolute Gasteiger partial charge is 0.303 e. The average molecular weight is 198 g/mol. The minimum Gasteiger partial charge on any atom is -0.303 e. The van der Waals surface area contributed by atoms with E-state index in [1.807, 2.05) is 13.8 Å². The van der Waals surface area contributed by atoms with E-state index in [1.165, 1.54) is 45.4 Å². The molecule has 0 aromatic rings. The monoisotopic (exact) mass is 198 g/mol. The molecule has 2 rings (SSSR count). The van der Waals surface area contributed by atoms with Crippen molar-refractivity contribution in [2.75, 3.05) is 33.2 Å². The first-order valence-corrected chi connectivity index (χ1v) is 6.20. The normalized spacial score (nSPS) is 26.6. The molecule has 14 heavy (non-hydrogen) atoms. The van der Waals surface area contributed by atoms with Crippen LogP contribution in [0.4, 0.5) is 0 Å². The fraction of sp³-hybridized carbons (Fsp3) is 1.00. The maximum absolute atomic E-state index is 2.57. The number of hydrogen-bond donors (Lipinski definition) is 0. The van der Waals surface area contributed by atoms with Crippen molar-refractivity contribution >= 4 is 0 Å². The number of hydrogen-bond acceptors (Lipinski definition) is 2. The van der Waals surface area contributed by atoms with Crippen LogP contribution in [0, 0.1) is 0 Å². The third-order valence-corrected chi connectivity index (χ3v) is 3.96. The van der Waals surface area contributed by atoms with Crippen molar-refractivity contribution in [3.05, 3.63) is 0 Å². The van der Waals surface area contributed by atoms with Crippen LogP contribution >= 0.6 is 0 Å². The number of rotatable bonds is 1. The zero-order valence-electron chi connectivity index (χ0n) is 10.3. The van der Waals surface area contributed by atoms with Crippen LogP contribution in [0.2, 0.25) is 0 Å². The molecular weight excluding hydrogens is 172 g/mol. The van der Waals surface area contributed by atoms with Crippen LogP contribution in [0.1, 0.15) is 40.0 Å². The third-order valence-electron chi connectivity index (χ3n) is 3.96. The van der Waals surface area contributed by atoms with Crippen LogP contribution in [0.5, 0.6) is 0 Å². The average Bonchev–Trinajstić information content (AvgIpc) is 2.30. The first-order chi connectivity index (χ1) is 6.77. The van der Waals surface area contributed by atoms with Gasteiger partial charge in [0.05, 0.1) is 0 Å². The summed E-state index contributed by atoms with van der Waals surface area (Å²) in [4.78, 5) is 5.12. The molecular formula is C12H26N2. The van der Waals surface area contributed by atoms with Crippen molar-refractivity contribution in [3.8, 4) is 0 Å². The zero-order valence-corrected chi connectivity index (χ0v) is 10.3. The molecule has 2 aliphatic rings. The van der Waals surface area contributed by atoms with Gasteiger partial charge in [-0.05, 0) is 45.9 Å². The molecule has 2 nitrogen and oxygen atoms in total. The summed E-state index contributed by atoms with van der Waals surface area (Å²) < 4.78 is 0. The lowest BCUT2D eigenvalue weighted by Crippen LogP contribution is -2.62. The van der Waals surface area contributed by atoms with Gasteiger partial charge in [0.15, 0.2) is 0 Å². The van der Waals surface area contributed by atoms with Gasteiger partial charge in [-0.25, -0.2) is 0 Å². The first-order valence-electron chi connectivity index (χ1n) is 6.20. The van der Waals surface area contributed by atoms with Crippen molar-refractivity contribution in [2.45, 2.75) is 45.6 Å². The van der Waals surface area contributed by atoms with Crippen LogP contribution in [-0.2, 0) is 0 Å². The second-order valence-electron chi connectivity index (χ2n) is 4.33. The lowest BCUT2D eigenvalue weighted by molar-refractivity contribution is -0.0384. The standard InChI is InChI=1S/C10H20N2.C2H6/c1-3-12-8-5-10(6-9-12)4-7-11(10)2;1-2/h3-9H2,1-2H3;1-2H3. The Morgan fingerprint density at radius 3 is 1.79 bits per heavy atom. The zero-order chi connectivity index (χ0) is 10.6. The van der Waals surface area contributed by atoms with Crippen molar-refractivity contribution < 1.29 is 0 Å². The molecule has 0 unspecified atom stereocenters. The van der Waals surface area contributed by atoms with E-state index in [0.29, 0.717) is 5.54 Å². The summed E-state index contributed by atoms with van der Waals surface area (Å²) in [6.07, 6.45) is 4.25. The van der Waals surface area contributed by atoms with Gasteiger partial charge in [-0.15, -0.1) is 0 Å². The number of nitrogens with zero attached hydrogens (tertiary/aromatic N) is 2. The molecule has 0 bridgehead atoms. The maximum Gasteiger partial charge on any atom is 0.0243 e. The number of likely N-dealkylation sites (tertiary alicyclic amines) is 2. The van der Waals surface area contributed by atoms with Crippen molar-refractivity contribution in [2.24, 2.45) is 0 Å². The van der Waals surface area contributed by atoms with Gasteiger partial charge in [0, 0.05) is 12.1 Å². The minimum absolute atomic E-state index is 0.631. The van der Waals surface area contributed by atoms with Crippen LogP contribution in [0.3, 0.4) is 0 Å². The molecule has 0 aromatic heterocycles. The Balaban J connectivity index is 0.000000461. The fourth-order valence-electron chi connectivity index (χ4n) is 2.57. The Morgan fingerprint density at radius 2 is 1.50 bits per heavy atom. The molecule has 0 aliphatic carbocycles. The molecule has 0 radical (unpaired) electrons. The predicted octanol–water partition coefficient (Wildman–Crippen LogP) is 2.20. The highest BCUT2D eigenvalue weighted by molar-refractivity contribution is 5.00. The summed E-state index contributed by atoms with van der Waals surface area (Å²) in [7, 11) is 2.28. The van der Waals surface area contributed by atoms with E-state index in [-0.39, 0.29) is 0 Å². The lowest BCUT2D eigenvalue weighted by atomic mass is 9.77. The molecule has 2 heteroatoms. The van der Waals surface area contributed by atoms with E-state index in [9.17, 15) is 0 Å². The quantitative estimate of drug-likeness (QED) is 0.637. The fourth-order valence-corrected chi connectivity index (χ4v) is 2.57. The SMILES string of the molecule is CC.CCN1CCC2(CC1)CCN2C. The van der Waals surface area contributed by atoms with Crippen LogP contribution in [0.25, 0.3) is 0 Å². The maximum atomic E-state index is 2.57. The summed E-state index contributed by atoms with van der Waals surface area (Å²) >= 11 is 0. The Kier molecular flexibility index (Phi) is 4.39. The van der Waals surface area contributed by atoms with E-state index in [1.54, 1.807) is 0 Å². The van der Waals surface area contributed by atoms with Crippen LogP contribution in [-0.4, -0.2) is 48.6 Å². The first kappa shape index (κ1) is 12.0. The summed E-state index contributed by atoms with van der Waals surface area (Å²) in [6.45, 7) is 11.5. The van der Waals surface area contributed by atoms with Crippen molar-refractivity contribution in [1.82, 2.24) is 9.80 Å². The molecule has 84 valence electrons. The second kappa shape index (κ2) is 5.13. The van der Waals surface area contributed by atoms with Gasteiger partial charge >= 0.3 is 0 Å². The summed E-state index contributed by atoms with van der Waals surface area (Å²) in [5.74, 6) is 0. The van der Waals surface area contributed by atoms with Gasteiger partial charge in [0.2, 0.25) is 0 Å². The van der Waals surface area contributed by atoms with E-state index in [4.69, 9.17) is 0 Å². The topological polar surface area (TPSA) is 6.48 Å². The molecule has 2 fully saturated rings. The lowest BCUT2D eigenvalue weighted by Gasteiger charge is -2.55. The second-order valence-corrected chi connectivity index (χ2v) is 4.33. The Labute approximate surface area is 89.3 Å². The Morgan fingerprint density at radius 1 is 1.00 bits per heavy atom. The summed E-state index contributed by atoms with van der Waals surface area (Å²) in [5, 5.41) is 0. The molecule has 0 N–H and O–H groups in total. The molecule has 2 aliphatic heterocycles. The van der Waals surface area contributed by atoms with Crippen molar-refractivity contribution in [3.63, 3.8) is 0 Å². The molecule has 0 saturated carbocycles.